The third kappa shape index (κ3) is 5.52. The number of aromatic nitrogens is 1. The van der Waals surface area contributed by atoms with Gasteiger partial charge in [0, 0.05) is 37.2 Å². The highest BCUT2D eigenvalue weighted by Gasteiger charge is 2.29. The van der Waals surface area contributed by atoms with Gasteiger partial charge in [0.1, 0.15) is 23.1 Å². The zero-order chi connectivity index (χ0) is 29.4. The van der Waals surface area contributed by atoms with Gasteiger partial charge in [-0.3, -0.25) is 9.59 Å². The second kappa shape index (κ2) is 11.6. The largest absolute Gasteiger partial charge is 0.376 e. The number of carbonyl (C=O) groups excluding carboxylic acids is 2. The average Bonchev–Trinajstić information content (AvgIpc) is 3.63. The fourth-order valence-electron chi connectivity index (χ4n) is 5.48. The maximum atomic E-state index is 14.6. The zero-order valence-corrected chi connectivity index (χ0v) is 24.1. The van der Waals surface area contributed by atoms with E-state index in [0.29, 0.717) is 40.5 Å². The number of rotatable bonds is 6. The SMILES string of the molecule is Cc1cccc(F)c1NC(=O)c1cc2c(s1)-c1ccc(F)cc1N(C(=O)c1cccc(N(C)C[C@H]3CCCO3)n1)CC2. The lowest BCUT2D eigenvalue weighted by Gasteiger charge is -2.25. The van der Waals surface area contributed by atoms with Gasteiger partial charge in [-0.2, -0.15) is 0 Å². The van der Waals surface area contributed by atoms with E-state index in [2.05, 4.69) is 10.3 Å². The van der Waals surface area contributed by atoms with Gasteiger partial charge in [-0.15, -0.1) is 11.3 Å². The van der Waals surface area contributed by atoms with E-state index in [0.717, 1.165) is 29.9 Å². The van der Waals surface area contributed by atoms with E-state index in [9.17, 15) is 18.4 Å². The number of likely N-dealkylation sites (N-methyl/N-ethyl adjacent to an activating group) is 1. The van der Waals surface area contributed by atoms with Crippen molar-refractivity contribution in [3.8, 4) is 10.4 Å². The highest BCUT2D eigenvalue weighted by atomic mass is 32.1. The molecule has 2 aromatic carbocycles. The Morgan fingerprint density at radius 2 is 1.98 bits per heavy atom. The summed E-state index contributed by atoms with van der Waals surface area (Å²) in [6.07, 6.45) is 2.62. The Balaban J connectivity index is 1.28. The Kier molecular flexibility index (Phi) is 7.74. The number of halogens is 2. The van der Waals surface area contributed by atoms with Crippen LogP contribution in [-0.4, -0.2) is 49.6 Å². The zero-order valence-electron chi connectivity index (χ0n) is 23.3. The lowest BCUT2D eigenvalue weighted by Crippen LogP contribution is -2.34. The van der Waals surface area contributed by atoms with Crippen LogP contribution in [-0.2, 0) is 11.2 Å². The molecule has 2 aliphatic heterocycles. The van der Waals surface area contributed by atoms with Crippen molar-refractivity contribution in [3.05, 3.63) is 94.0 Å². The van der Waals surface area contributed by atoms with Crippen LogP contribution >= 0.6 is 11.3 Å². The number of thiophene rings is 1. The number of hydrogen-bond acceptors (Lipinski definition) is 6. The first-order chi connectivity index (χ1) is 20.3. The number of aryl methyl sites for hydroxylation is 1. The van der Waals surface area contributed by atoms with E-state index in [-0.39, 0.29) is 29.9 Å². The molecule has 1 N–H and O–H groups in total. The molecule has 1 fully saturated rings. The number of pyridine rings is 1. The molecule has 1 saturated heterocycles. The number of ether oxygens (including phenoxy) is 1. The molecule has 2 aliphatic rings. The maximum absolute atomic E-state index is 14.6. The molecule has 42 heavy (non-hydrogen) atoms. The number of fused-ring (bicyclic) bond motifs is 3. The van der Waals surface area contributed by atoms with Crippen molar-refractivity contribution in [1.29, 1.82) is 0 Å². The predicted molar refractivity (Wildman–Crippen MR) is 161 cm³/mol. The minimum atomic E-state index is -0.507. The molecular weight excluding hydrogens is 558 g/mol. The first-order valence-corrected chi connectivity index (χ1v) is 14.7. The molecule has 1 atom stereocenters. The van der Waals surface area contributed by atoms with Gasteiger partial charge in [-0.05, 0) is 79.8 Å². The fourth-order valence-corrected chi connectivity index (χ4v) is 6.62. The van der Waals surface area contributed by atoms with Crippen molar-refractivity contribution < 1.29 is 23.1 Å². The molecule has 0 spiro atoms. The van der Waals surface area contributed by atoms with Gasteiger partial charge < -0.3 is 19.9 Å². The minimum absolute atomic E-state index is 0.137. The van der Waals surface area contributed by atoms with Crippen LogP contribution in [0, 0.1) is 18.6 Å². The first kappa shape index (κ1) is 28.0. The Bertz CT molecular complexity index is 1650. The van der Waals surface area contributed by atoms with Gasteiger partial charge in [0.05, 0.1) is 22.4 Å². The minimum Gasteiger partial charge on any atom is -0.376 e. The first-order valence-electron chi connectivity index (χ1n) is 13.9. The van der Waals surface area contributed by atoms with Crippen molar-refractivity contribution in [1.82, 2.24) is 4.98 Å². The van der Waals surface area contributed by atoms with Gasteiger partial charge >= 0.3 is 0 Å². The smallest absolute Gasteiger partial charge is 0.276 e. The van der Waals surface area contributed by atoms with Crippen LogP contribution in [0.1, 0.15) is 44.1 Å². The van der Waals surface area contributed by atoms with Crippen LogP contribution in [0.3, 0.4) is 0 Å². The normalized spacial score (nSPS) is 16.0. The molecule has 2 amide bonds. The lowest BCUT2D eigenvalue weighted by molar-refractivity contribution is 0.0981. The summed E-state index contributed by atoms with van der Waals surface area (Å²) in [5.74, 6) is -1.08. The standard InChI is InChI=1S/C32H30F2N4O3S/c1-19-6-3-8-24(34)29(19)36-31(39)27-16-20-13-14-38(26-17-21(33)11-12-23(26)30(20)42-27)32(40)25-9-4-10-28(35-25)37(2)18-22-7-5-15-41-22/h3-4,6,8-12,16-17,22H,5,7,13-15,18H2,1-2H3,(H,36,39)/t22-/m1/s1. The summed E-state index contributed by atoms with van der Waals surface area (Å²) >= 11 is 1.24. The van der Waals surface area contributed by atoms with Gasteiger partial charge in [-0.1, -0.05) is 18.2 Å². The number of benzene rings is 2. The topological polar surface area (TPSA) is 74.8 Å². The number of carbonyl (C=O) groups is 2. The Morgan fingerprint density at radius 1 is 1.14 bits per heavy atom. The Morgan fingerprint density at radius 3 is 2.76 bits per heavy atom. The summed E-state index contributed by atoms with van der Waals surface area (Å²) < 4.78 is 34.7. The third-order valence-corrected chi connectivity index (χ3v) is 8.89. The summed E-state index contributed by atoms with van der Waals surface area (Å²) in [6, 6.07) is 16.0. The van der Waals surface area contributed by atoms with E-state index < -0.39 is 17.5 Å². The highest BCUT2D eigenvalue weighted by molar-refractivity contribution is 7.17. The second-order valence-electron chi connectivity index (χ2n) is 10.6. The summed E-state index contributed by atoms with van der Waals surface area (Å²) in [5, 5.41) is 2.69. The summed E-state index contributed by atoms with van der Waals surface area (Å²) in [4.78, 5) is 36.4. The van der Waals surface area contributed by atoms with E-state index >= 15 is 0 Å². The van der Waals surface area contributed by atoms with Crippen LogP contribution in [0.25, 0.3) is 10.4 Å². The molecule has 0 saturated carbocycles. The number of para-hydroxylation sites is 1. The molecule has 0 radical (unpaired) electrons. The van der Waals surface area contributed by atoms with Crippen LogP contribution < -0.4 is 15.1 Å². The second-order valence-corrected chi connectivity index (χ2v) is 11.7. The fraction of sp³-hybridized carbons (Fsp3) is 0.281. The Labute approximate surface area is 246 Å². The summed E-state index contributed by atoms with van der Waals surface area (Å²) in [5.41, 5.74) is 2.94. The van der Waals surface area contributed by atoms with Crippen molar-refractivity contribution >= 4 is 40.3 Å². The van der Waals surface area contributed by atoms with Crippen LogP contribution in [0.15, 0.2) is 60.7 Å². The molecule has 216 valence electrons. The van der Waals surface area contributed by atoms with E-state index in [4.69, 9.17) is 4.74 Å². The van der Waals surface area contributed by atoms with Crippen molar-refractivity contribution in [2.24, 2.45) is 0 Å². The lowest BCUT2D eigenvalue weighted by atomic mass is 10.1. The van der Waals surface area contributed by atoms with Crippen molar-refractivity contribution in [2.45, 2.75) is 32.3 Å². The monoisotopic (exact) mass is 588 g/mol. The van der Waals surface area contributed by atoms with E-state index in [1.54, 1.807) is 48.2 Å². The number of nitrogens with zero attached hydrogens (tertiary/aromatic N) is 3. The third-order valence-electron chi connectivity index (χ3n) is 7.68. The Hall–Kier alpha value is -4.15. The van der Waals surface area contributed by atoms with Crippen LogP contribution in [0.2, 0.25) is 0 Å². The van der Waals surface area contributed by atoms with Crippen LogP contribution in [0.4, 0.5) is 26.0 Å². The molecule has 4 aromatic rings. The molecule has 0 unspecified atom stereocenters. The quantitative estimate of drug-likeness (QED) is 0.280. The molecule has 10 heteroatoms. The highest BCUT2D eigenvalue weighted by Crippen LogP contribution is 2.42. The van der Waals surface area contributed by atoms with Crippen molar-refractivity contribution in [2.75, 3.05) is 41.9 Å². The summed E-state index contributed by atoms with van der Waals surface area (Å²) in [6.45, 7) is 3.43. The maximum Gasteiger partial charge on any atom is 0.276 e. The van der Waals surface area contributed by atoms with Crippen LogP contribution in [0.5, 0.6) is 0 Å². The molecule has 2 aromatic heterocycles. The van der Waals surface area contributed by atoms with E-state index in [1.165, 1.54) is 29.5 Å². The number of anilines is 3. The molecule has 0 aliphatic carbocycles. The predicted octanol–water partition coefficient (Wildman–Crippen LogP) is 6.47. The molecule has 6 rings (SSSR count). The van der Waals surface area contributed by atoms with Gasteiger partial charge in [0.25, 0.3) is 11.8 Å². The molecular formula is C32H30F2N4O3S. The number of nitrogens with one attached hydrogen (secondary N) is 1. The van der Waals surface area contributed by atoms with Gasteiger partial charge in [0.2, 0.25) is 0 Å². The summed E-state index contributed by atoms with van der Waals surface area (Å²) in [7, 11) is 1.92. The number of amides is 2. The van der Waals surface area contributed by atoms with E-state index in [1.807, 2.05) is 18.0 Å². The molecule has 0 bridgehead atoms. The molecule has 7 nitrogen and oxygen atoms in total. The number of hydrogen-bond donors (Lipinski definition) is 1. The molecule has 4 heterocycles. The van der Waals surface area contributed by atoms with Gasteiger partial charge in [-0.25, -0.2) is 13.8 Å². The average molecular weight is 589 g/mol. The van der Waals surface area contributed by atoms with Crippen molar-refractivity contribution in [3.63, 3.8) is 0 Å². The van der Waals surface area contributed by atoms with Gasteiger partial charge in [0.15, 0.2) is 0 Å².